The van der Waals surface area contributed by atoms with E-state index in [4.69, 9.17) is 0 Å². The number of aromatic amines is 1. The van der Waals surface area contributed by atoms with Gasteiger partial charge in [0, 0.05) is 37.8 Å². The van der Waals surface area contributed by atoms with Gasteiger partial charge in [-0.05, 0) is 31.6 Å². The van der Waals surface area contributed by atoms with E-state index in [1.807, 2.05) is 11.8 Å². The zero-order chi connectivity index (χ0) is 16.8. The topological polar surface area (TPSA) is 90.1 Å². The number of anilines is 1. The van der Waals surface area contributed by atoms with E-state index in [9.17, 15) is 9.59 Å². The average molecular weight is 321 g/mol. The molecule has 23 heavy (non-hydrogen) atoms. The summed E-state index contributed by atoms with van der Waals surface area (Å²) in [5.74, 6) is 1.14. The van der Waals surface area contributed by atoms with Gasteiger partial charge < -0.3 is 15.5 Å². The molecular weight excluding hydrogens is 294 g/mol. The SMILES string of the molecule is Cc1cc(NC(=O)C[C@H]2CCCN(C(=O)NCC(C)C)C2)n[nH]1. The van der Waals surface area contributed by atoms with Gasteiger partial charge in [-0.25, -0.2) is 4.79 Å². The van der Waals surface area contributed by atoms with Crippen molar-refractivity contribution in [3.63, 3.8) is 0 Å². The molecule has 2 rings (SSSR count). The van der Waals surface area contributed by atoms with Crippen LogP contribution in [0.2, 0.25) is 0 Å². The maximum absolute atomic E-state index is 12.1. The van der Waals surface area contributed by atoms with Crippen LogP contribution in [0.15, 0.2) is 6.07 Å². The highest BCUT2D eigenvalue weighted by atomic mass is 16.2. The van der Waals surface area contributed by atoms with Crippen LogP contribution in [0.4, 0.5) is 10.6 Å². The van der Waals surface area contributed by atoms with Crippen molar-refractivity contribution >= 4 is 17.8 Å². The van der Waals surface area contributed by atoms with Crippen LogP contribution in [0.1, 0.15) is 38.8 Å². The molecule has 1 aliphatic heterocycles. The number of likely N-dealkylation sites (tertiary alicyclic amines) is 1. The highest BCUT2D eigenvalue weighted by molar-refractivity contribution is 5.90. The molecule has 3 N–H and O–H groups in total. The molecule has 1 aliphatic rings. The van der Waals surface area contributed by atoms with E-state index in [0.717, 1.165) is 25.1 Å². The summed E-state index contributed by atoms with van der Waals surface area (Å²) in [4.78, 5) is 26.0. The van der Waals surface area contributed by atoms with Crippen molar-refractivity contribution in [3.8, 4) is 0 Å². The lowest BCUT2D eigenvalue weighted by Gasteiger charge is -2.32. The Balaban J connectivity index is 1.79. The summed E-state index contributed by atoms with van der Waals surface area (Å²) in [6, 6.07) is 1.77. The zero-order valence-electron chi connectivity index (χ0n) is 14.2. The van der Waals surface area contributed by atoms with Gasteiger partial charge in [0.25, 0.3) is 0 Å². The number of hydrogen-bond donors (Lipinski definition) is 3. The monoisotopic (exact) mass is 321 g/mol. The van der Waals surface area contributed by atoms with Gasteiger partial charge in [0.05, 0.1) is 0 Å². The lowest BCUT2D eigenvalue weighted by atomic mass is 9.94. The number of rotatable bonds is 5. The van der Waals surface area contributed by atoms with E-state index in [-0.39, 0.29) is 17.9 Å². The summed E-state index contributed by atoms with van der Waals surface area (Å²) in [6.45, 7) is 8.11. The van der Waals surface area contributed by atoms with Gasteiger partial charge >= 0.3 is 6.03 Å². The number of urea groups is 1. The van der Waals surface area contributed by atoms with Crippen LogP contribution >= 0.6 is 0 Å². The minimum atomic E-state index is -0.0501. The molecule has 1 fully saturated rings. The predicted molar refractivity (Wildman–Crippen MR) is 89.1 cm³/mol. The summed E-state index contributed by atoms with van der Waals surface area (Å²) >= 11 is 0. The van der Waals surface area contributed by atoms with Crippen molar-refractivity contribution in [2.45, 2.75) is 40.0 Å². The van der Waals surface area contributed by atoms with Crippen LogP contribution in [-0.2, 0) is 4.79 Å². The second kappa shape index (κ2) is 7.99. The first-order chi connectivity index (χ1) is 10.9. The van der Waals surface area contributed by atoms with Gasteiger partial charge in [0.1, 0.15) is 0 Å². The Labute approximate surface area is 137 Å². The van der Waals surface area contributed by atoms with Crippen molar-refractivity contribution in [2.75, 3.05) is 25.0 Å². The standard InChI is InChI=1S/C16H27N5O2/c1-11(2)9-17-16(23)21-6-4-5-13(10-21)8-15(22)18-14-7-12(3)19-20-14/h7,11,13H,4-6,8-10H2,1-3H3,(H,17,23)(H2,18,19,20,22)/t13-/m1/s1. The number of amides is 3. The lowest BCUT2D eigenvalue weighted by molar-refractivity contribution is -0.117. The number of carbonyl (C=O) groups is 2. The van der Waals surface area contributed by atoms with Gasteiger partial charge in [0.2, 0.25) is 5.91 Å². The molecule has 1 aromatic rings. The first-order valence-electron chi connectivity index (χ1n) is 8.28. The van der Waals surface area contributed by atoms with Crippen LogP contribution in [0.3, 0.4) is 0 Å². The fourth-order valence-corrected chi connectivity index (χ4v) is 2.76. The van der Waals surface area contributed by atoms with E-state index in [1.54, 1.807) is 6.07 Å². The van der Waals surface area contributed by atoms with Crippen LogP contribution in [-0.4, -0.2) is 46.7 Å². The number of nitrogens with one attached hydrogen (secondary N) is 3. The Kier molecular flexibility index (Phi) is 6.01. The van der Waals surface area contributed by atoms with Gasteiger partial charge in [-0.2, -0.15) is 5.10 Å². The van der Waals surface area contributed by atoms with Crippen LogP contribution in [0.25, 0.3) is 0 Å². The van der Waals surface area contributed by atoms with Gasteiger partial charge in [0.15, 0.2) is 5.82 Å². The number of nitrogens with zero attached hydrogens (tertiary/aromatic N) is 2. The fourth-order valence-electron chi connectivity index (χ4n) is 2.76. The summed E-state index contributed by atoms with van der Waals surface area (Å²) in [7, 11) is 0. The molecule has 1 aromatic heterocycles. The number of carbonyl (C=O) groups excluding carboxylic acids is 2. The van der Waals surface area contributed by atoms with E-state index < -0.39 is 0 Å². The van der Waals surface area contributed by atoms with Crippen molar-refractivity contribution in [2.24, 2.45) is 11.8 Å². The van der Waals surface area contributed by atoms with Gasteiger partial charge in [-0.15, -0.1) is 0 Å². The Morgan fingerprint density at radius 2 is 2.26 bits per heavy atom. The molecule has 7 nitrogen and oxygen atoms in total. The molecule has 0 aromatic carbocycles. The molecule has 0 bridgehead atoms. The zero-order valence-corrected chi connectivity index (χ0v) is 14.2. The minimum absolute atomic E-state index is 0.0215. The molecule has 7 heteroatoms. The van der Waals surface area contributed by atoms with Crippen LogP contribution < -0.4 is 10.6 Å². The third-order valence-electron chi connectivity index (χ3n) is 3.92. The Bertz CT molecular complexity index is 540. The van der Waals surface area contributed by atoms with Crippen molar-refractivity contribution in [1.82, 2.24) is 20.4 Å². The van der Waals surface area contributed by atoms with Crippen LogP contribution in [0, 0.1) is 18.8 Å². The Hall–Kier alpha value is -2.05. The molecule has 0 saturated carbocycles. The molecule has 2 heterocycles. The quantitative estimate of drug-likeness (QED) is 0.776. The summed E-state index contributed by atoms with van der Waals surface area (Å²) < 4.78 is 0. The lowest BCUT2D eigenvalue weighted by Crippen LogP contribution is -2.46. The van der Waals surface area contributed by atoms with Crippen molar-refractivity contribution < 1.29 is 9.59 Å². The average Bonchev–Trinajstić information content (AvgIpc) is 2.89. The number of hydrogen-bond acceptors (Lipinski definition) is 3. The molecule has 3 amide bonds. The highest BCUT2D eigenvalue weighted by Gasteiger charge is 2.25. The maximum atomic E-state index is 12.1. The summed E-state index contributed by atoms with van der Waals surface area (Å²) in [5.41, 5.74) is 0.908. The van der Waals surface area contributed by atoms with E-state index >= 15 is 0 Å². The molecule has 1 saturated heterocycles. The number of aromatic nitrogens is 2. The number of H-pyrrole nitrogens is 1. The normalized spacial score (nSPS) is 18.1. The largest absolute Gasteiger partial charge is 0.338 e. The van der Waals surface area contributed by atoms with E-state index in [2.05, 4.69) is 34.7 Å². The fraction of sp³-hybridized carbons (Fsp3) is 0.688. The third-order valence-corrected chi connectivity index (χ3v) is 3.92. The first-order valence-corrected chi connectivity index (χ1v) is 8.28. The summed E-state index contributed by atoms with van der Waals surface area (Å²) in [5, 5.41) is 12.5. The first kappa shape index (κ1) is 17.3. The third kappa shape index (κ3) is 5.58. The van der Waals surface area contributed by atoms with Crippen molar-refractivity contribution in [3.05, 3.63) is 11.8 Å². The maximum Gasteiger partial charge on any atom is 0.317 e. The smallest absolute Gasteiger partial charge is 0.317 e. The van der Waals surface area contributed by atoms with E-state index in [1.165, 1.54) is 0 Å². The molecule has 0 radical (unpaired) electrons. The molecule has 128 valence electrons. The molecule has 0 unspecified atom stereocenters. The molecular formula is C16H27N5O2. The number of aryl methyl sites for hydroxylation is 1. The second-order valence-corrected chi connectivity index (χ2v) is 6.72. The molecule has 0 spiro atoms. The predicted octanol–water partition coefficient (Wildman–Crippen LogP) is 2.12. The van der Waals surface area contributed by atoms with Crippen LogP contribution in [0.5, 0.6) is 0 Å². The minimum Gasteiger partial charge on any atom is -0.338 e. The number of piperidine rings is 1. The Morgan fingerprint density at radius 1 is 1.48 bits per heavy atom. The highest BCUT2D eigenvalue weighted by Crippen LogP contribution is 2.20. The van der Waals surface area contributed by atoms with E-state index in [0.29, 0.717) is 31.2 Å². The molecule has 1 atom stereocenters. The summed E-state index contributed by atoms with van der Waals surface area (Å²) in [6.07, 6.45) is 2.33. The van der Waals surface area contributed by atoms with Gasteiger partial charge in [-0.3, -0.25) is 9.89 Å². The molecule has 0 aliphatic carbocycles. The van der Waals surface area contributed by atoms with Gasteiger partial charge in [-0.1, -0.05) is 13.8 Å². The van der Waals surface area contributed by atoms with Crippen molar-refractivity contribution in [1.29, 1.82) is 0 Å². The second-order valence-electron chi connectivity index (χ2n) is 6.72. The Morgan fingerprint density at radius 3 is 2.91 bits per heavy atom.